The monoisotopic (exact) mass is 383 g/mol. The molecule has 1 unspecified atom stereocenters. The number of nitrogens with two attached hydrogens (primary N) is 1. The lowest BCUT2D eigenvalue weighted by molar-refractivity contribution is -0.135. The van der Waals surface area contributed by atoms with Crippen LogP contribution in [0.25, 0.3) is 0 Å². The lowest BCUT2D eigenvalue weighted by Crippen LogP contribution is -2.63. The van der Waals surface area contributed by atoms with Gasteiger partial charge in [0.1, 0.15) is 18.1 Å². The minimum atomic E-state index is -1.19. The molecule has 2 amide bonds. The number of nitrogens with zero attached hydrogens (tertiary/aromatic N) is 1. The maximum Gasteiger partial charge on any atom is 0.245 e. The average molecular weight is 383 g/mol. The molecular formula is C18H33N5O4. The summed E-state index contributed by atoms with van der Waals surface area (Å²) >= 11 is 0. The van der Waals surface area contributed by atoms with Crippen LogP contribution in [-0.2, 0) is 14.4 Å². The maximum atomic E-state index is 12.8. The largest absolute Gasteiger partial charge is 0.391 e. The molecule has 1 aliphatic rings. The Balaban J connectivity index is 2.82. The Morgan fingerprint density at radius 1 is 1.33 bits per heavy atom. The molecule has 0 spiro atoms. The second kappa shape index (κ2) is 11.1. The Kier molecular flexibility index (Phi) is 9.57. The summed E-state index contributed by atoms with van der Waals surface area (Å²) in [5.74, 6) is -1.04. The van der Waals surface area contributed by atoms with E-state index in [0.29, 0.717) is 12.5 Å². The number of hydrogen-bond donors (Lipinski definition) is 5. The second-order valence-electron chi connectivity index (χ2n) is 7.24. The number of nitrogens with one attached hydrogen (secondary N) is 3. The topological polar surface area (TPSA) is 137 Å². The average Bonchev–Trinajstić information content (AvgIpc) is 2.62. The van der Waals surface area contributed by atoms with Gasteiger partial charge in [-0.2, -0.15) is 0 Å². The molecule has 0 saturated carbocycles. The third kappa shape index (κ3) is 7.02. The van der Waals surface area contributed by atoms with Crippen LogP contribution in [-0.4, -0.2) is 84.6 Å². The molecule has 0 aromatic carbocycles. The minimum Gasteiger partial charge on any atom is -0.391 e. The van der Waals surface area contributed by atoms with E-state index in [2.05, 4.69) is 41.3 Å². The summed E-state index contributed by atoms with van der Waals surface area (Å²) in [6.45, 7) is 11.6. The van der Waals surface area contributed by atoms with Crippen LogP contribution in [0.15, 0.2) is 12.7 Å². The summed E-state index contributed by atoms with van der Waals surface area (Å²) in [5, 5.41) is 18.2. The normalized spacial score (nSPS) is 21.2. The second-order valence-corrected chi connectivity index (χ2v) is 7.24. The van der Waals surface area contributed by atoms with Crippen molar-refractivity contribution in [3.05, 3.63) is 12.7 Å². The molecule has 9 nitrogen and oxygen atoms in total. The van der Waals surface area contributed by atoms with Crippen molar-refractivity contribution in [2.45, 2.75) is 45.0 Å². The van der Waals surface area contributed by atoms with Gasteiger partial charge in [-0.05, 0) is 18.9 Å². The first-order valence-electron chi connectivity index (χ1n) is 9.31. The predicted octanol–water partition coefficient (Wildman–Crippen LogP) is -2.02. The van der Waals surface area contributed by atoms with Gasteiger partial charge in [-0.3, -0.25) is 19.3 Å². The molecule has 0 aromatic rings. The fraction of sp³-hybridized carbons (Fsp3) is 0.722. The van der Waals surface area contributed by atoms with Crippen LogP contribution in [0, 0.1) is 5.92 Å². The molecule has 1 aliphatic heterocycles. The molecule has 154 valence electrons. The molecular weight excluding hydrogens is 350 g/mol. The molecule has 4 atom stereocenters. The van der Waals surface area contributed by atoms with Crippen molar-refractivity contribution >= 4 is 17.6 Å². The number of carbonyl (C=O) groups is 3. The quantitative estimate of drug-likeness (QED) is 0.275. The molecule has 27 heavy (non-hydrogen) atoms. The number of piperazine rings is 1. The summed E-state index contributed by atoms with van der Waals surface area (Å²) in [4.78, 5) is 39.0. The van der Waals surface area contributed by atoms with Crippen molar-refractivity contribution in [1.82, 2.24) is 20.9 Å². The highest BCUT2D eigenvalue weighted by atomic mass is 16.3. The molecule has 1 saturated heterocycles. The van der Waals surface area contributed by atoms with E-state index in [-0.39, 0.29) is 12.5 Å². The highest BCUT2D eigenvalue weighted by molar-refractivity contribution is 5.98. The third-order valence-electron chi connectivity index (χ3n) is 4.42. The number of carbonyl (C=O) groups excluding carboxylic acids is 3. The van der Waals surface area contributed by atoms with E-state index in [1.54, 1.807) is 0 Å². The van der Waals surface area contributed by atoms with Gasteiger partial charge in [0.25, 0.3) is 0 Å². The highest BCUT2D eigenvalue weighted by Crippen LogP contribution is 2.08. The molecule has 0 aromatic heterocycles. The van der Waals surface area contributed by atoms with Crippen molar-refractivity contribution < 1.29 is 19.5 Å². The summed E-state index contributed by atoms with van der Waals surface area (Å²) in [6.07, 6.45) is -0.0630. The van der Waals surface area contributed by atoms with Crippen LogP contribution in [0.4, 0.5) is 0 Å². The first kappa shape index (κ1) is 23.2. The molecule has 1 rings (SSSR count). The van der Waals surface area contributed by atoms with Crippen LogP contribution >= 0.6 is 0 Å². The summed E-state index contributed by atoms with van der Waals surface area (Å²) in [6, 6.07) is -2.57. The first-order valence-corrected chi connectivity index (χ1v) is 9.31. The van der Waals surface area contributed by atoms with Gasteiger partial charge in [0.15, 0.2) is 5.78 Å². The lowest BCUT2D eigenvalue weighted by Gasteiger charge is -2.37. The van der Waals surface area contributed by atoms with Gasteiger partial charge >= 0.3 is 0 Å². The molecule has 6 N–H and O–H groups in total. The molecule has 9 heteroatoms. The molecule has 0 aliphatic carbocycles. The zero-order valence-electron chi connectivity index (χ0n) is 16.4. The minimum absolute atomic E-state index is 0.105. The van der Waals surface area contributed by atoms with Gasteiger partial charge in [0.05, 0.1) is 6.10 Å². The number of aliphatic hydroxyl groups excluding tert-OH is 1. The van der Waals surface area contributed by atoms with Crippen molar-refractivity contribution in [3.63, 3.8) is 0 Å². The molecule has 1 heterocycles. The fourth-order valence-electron chi connectivity index (χ4n) is 3.00. The Hall–Kier alpha value is -1.81. The van der Waals surface area contributed by atoms with E-state index in [4.69, 9.17) is 5.73 Å². The summed E-state index contributed by atoms with van der Waals surface area (Å²) < 4.78 is 0. The van der Waals surface area contributed by atoms with Crippen molar-refractivity contribution in [2.75, 3.05) is 32.7 Å². The van der Waals surface area contributed by atoms with E-state index in [0.717, 1.165) is 25.7 Å². The van der Waals surface area contributed by atoms with Gasteiger partial charge in [0, 0.05) is 32.7 Å². The van der Waals surface area contributed by atoms with E-state index < -0.39 is 35.9 Å². The van der Waals surface area contributed by atoms with Gasteiger partial charge in [-0.25, -0.2) is 0 Å². The van der Waals surface area contributed by atoms with Gasteiger partial charge in [-0.1, -0.05) is 20.4 Å². The molecule has 1 fully saturated rings. The van der Waals surface area contributed by atoms with Crippen molar-refractivity contribution in [2.24, 2.45) is 11.7 Å². The van der Waals surface area contributed by atoms with Crippen LogP contribution in [0.2, 0.25) is 0 Å². The summed E-state index contributed by atoms with van der Waals surface area (Å²) in [7, 11) is 0. The van der Waals surface area contributed by atoms with Gasteiger partial charge in [0.2, 0.25) is 11.8 Å². The summed E-state index contributed by atoms with van der Waals surface area (Å²) in [5.41, 5.74) is 5.51. The van der Waals surface area contributed by atoms with E-state index in [9.17, 15) is 19.5 Å². The maximum absolute atomic E-state index is 12.8. The SMILES string of the molecule is C=CC(=O)[C@H](CN)NC(=O)[C@@H](NC(=O)[C@@H]1CNCCN1CC(C)C)C(C)O. The van der Waals surface area contributed by atoms with Crippen LogP contribution in [0.5, 0.6) is 0 Å². The van der Waals surface area contributed by atoms with Crippen LogP contribution in [0.1, 0.15) is 20.8 Å². The van der Waals surface area contributed by atoms with Crippen LogP contribution < -0.4 is 21.7 Å². The van der Waals surface area contributed by atoms with Crippen molar-refractivity contribution in [1.29, 1.82) is 0 Å². The third-order valence-corrected chi connectivity index (χ3v) is 4.42. The fourth-order valence-corrected chi connectivity index (χ4v) is 3.00. The molecule has 0 radical (unpaired) electrons. The Bertz CT molecular complexity index is 538. The van der Waals surface area contributed by atoms with Gasteiger partial charge in [-0.15, -0.1) is 0 Å². The zero-order valence-corrected chi connectivity index (χ0v) is 16.4. The Morgan fingerprint density at radius 2 is 2.00 bits per heavy atom. The van der Waals surface area contributed by atoms with E-state index in [1.807, 2.05) is 0 Å². The standard InChI is InChI=1S/C18H33N5O4/c1-5-15(25)13(8-19)21-18(27)16(12(4)24)22-17(26)14-9-20-6-7-23(14)10-11(2)3/h5,11-14,16,20,24H,1,6-10,19H2,2-4H3,(H,21,27)(H,22,26)/t12?,13-,14-,16-/m0/s1. The van der Waals surface area contributed by atoms with E-state index in [1.165, 1.54) is 6.92 Å². The smallest absolute Gasteiger partial charge is 0.245 e. The Labute approximate surface area is 160 Å². The van der Waals surface area contributed by atoms with Crippen molar-refractivity contribution in [3.8, 4) is 0 Å². The van der Waals surface area contributed by atoms with Crippen LogP contribution in [0.3, 0.4) is 0 Å². The van der Waals surface area contributed by atoms with Gasteiger partial charge < -0.3 is 26.8 Å². The number of rotatable bonds is 10. The van der Waals surface area contributed by atoms with E-state index >= 15 is 0 Å². The number of amides is 2. The number of ketones is 1. The molecule has 0 bridgehead atoms. The number of hydrogen-bond acceptors (Lipinski definition) is 7. The highest BCUT2D eigenvalue weighted by Gasteiger charge is 2.34. The zero-order chi connectivity index (χ0) is 20.6. The predicted molar refractivity (Wildman–Crippen MR) is 103 cm³/mol. The Morgan fingerprint density at radius 3 is 2.52 bits per heavy atom. The lowest BCUT2D eigenvalue weighted by atomic mass is 10.1. The number of aliphatic hydroxyl groups is 1. The first-order chi connectivity index (χ1) is 12.7.